The molecule has 1 N–H and O–H groups in total. The summed E-state index contributed by atoms with van der Waals surface area (Å²) in [6.07, 6.45) is 4.75. The van der Waals surface area contributed by atoms with Crippen molar-refractivity contribution in [3.05, 3.63) is 35.4 Å². The molecular weight excluding hydrogens is 236 g/mol. The van der Waals surface area contributed by atoms with Gasteiger partial charge in [-0.2, -0.15) is 0 Å². The molecule has 0 aromatic heterocycles. The number of rotatable bonds is 2. The molecule has 1 aliphatic carbocycles. The second-order valence-corrected chi connectivity index (χ2v) is 6.78. The van der Waals surface area contributed by atoms with E-state index in [0.717, 1.165) is 37.7 Å². The van der Waals surface area contributed by atoms with Crippen LogP contribution in [0.1, 0.15) is 64.0 Å². The lowest BCUT2D eigenvalue weighted by Gasteiger charge is -2.34. The summed E-state index contributed by atoms with van der Waals surface area (Å²) in [5.74, 6) is -0.657. The highest BCUT2D eigenvalue weighted by molar-refractivity contribution is 5.81. The van der Waals surface area contributed by atoms with Crippen molar-refractivity contribution in [2.75, 3.05) is 0 Å². The fraction of sp³-hybridized carbons (Fsp3) is 0.588. The quantitative estimate of drug-likeness (QED) is 0.862. The van der Waals surface area contributed by atoms with Gasteiger partial charge in [0.05, 0.1) is 5.41 Å². The van der Waals surface area contributed by atoms with Crippen molar-refractivity contribution in [1.29, 1.82) is 0 Å². The summed E-state index contributed by atoms with van der Waals surface area (Å²) in [6.45, 7) is 6.53. The molecule has 0 saturated heterocycles. The van der Waals surface area contributed by atoms with Gasteiger partial charge in [0.2, 0.25) is 0 Å². The van der Waals surface area contributed by atoms with Gasteiger partial charge in [-0.05, 0) is 29.4 Å². The Labute approximate surface area is 115 Å². The van der Waals surface area contributed by atoms with Crippen LogP contribution in [0.15, 0.2) is 24.3 Å². The third-order valence-corrected chi connectivity index (χ3v) is 4.42. The van der Waals surface area contributed by atoms with Crippen molar-refractivity contribution < 1.29 is 9.90 Å². The van der Waals surface area contributed by atoms with Crippen molar-refractivity contribution >= 4 is 5.97 Å². The van der Waals surface area contributed by atoms with Gasteiger partial charge in [-0.1, -0.05) is 64.3 Å². The number of carboxylic acid groups (broad SMARTS) is 1. The first kappa shape index (κ1) is 14.1. The number of hydrogen-bond donors (Lipinski definition) is 1. The topological polar surface area (TPSA) is 37.3 Å². The summed E-state index contributed by atoms with van der Waals surface area (Å²) in [5.41, 5.74) is 1.70. The molecule has 2 rings (SSSR count). The second-order valence-electron chi connectivity index (χ2n) is 6.78. The maximum Gasteiger partial charge on any atom is 0.314 e. The highest BCUT2D eigenvalue weighted by Crippen LogP contribution is 2.40. The van der Waals surface area contributed by atoms with Crippen LogP contribution in [0, 0.1) is 0 Å². The van der Waals surface area contributed by atoms with Gasteiger partial charge >= 0.3 is 5.97 Å². The third-order valence-electron chi connectivity index (χ3n) is 4.42. The lowest BCUT2D eigenvalue weighted by molar-refractivity contribution is -0.145. The van der Waals surface area contributed by atoms with Crippen LogP contribution in [0.3, 0.4) is 0 Å². The predicted octanol–water partition coefficient (Wildman–Crippen LogP) is 4.27. The van der Waals surface area contributed by atoms with E-state index in [2.05, 4.69) is 32.9 Å². The van der Waals surface area contributed by atoms with Gasteiger partial charge in [0.1, 0.15) is 0 Å². The van der Waals surface area contributed by atoms with E-state index in [1.165, 1.54) is 5.56 Å². The first-order chi connectivity index (χ1) is 8.86. The Morgan fingerprint density at radius 1 is 1.05 bits per heavy atom. The van der Waals surface area contributed by atoms with Gasteiger partial charge in [-0.3, -0.25) is 4.79 Å². The first-order valence-electron chi connectivity index (χ1n) is 7.21. The van der Waals surface area contributed by atoms with Gasteiger partial charge in [0.25, 0.3) is 0 Å². The third kappa shape index (κ3) is 2.68. The fourth-order valence-corrected chi connectivity index (χ4v) is 3.07. The lowest BCUT2D eigenvalue weighted by Crippen LogP contribution is -2.37. The van der Waals surface area contributed by atoms with Crippen LogP contribution in [-0.2, 0) is 15.6 Å². The number of hydrogen-bond acceptors (Lipinski definition) is 1. The molecule has 0 bridgehead atoms. The van der Waals surface area contributed by atoms with E-state index in [9.17, 15) is 9.90 Å². The molecule has 1 fully saturated rings. The maximum atomic E-state index is 11.8. The maximum absolute atomic E-state index is 11.8. The first-order valence-corrected chi connectivity index (χ1v) is 7.21. The molecule has 1 saturated carbocycles. The minimum atomic E-state index is -0.657. The smallest absolute Gasteiger partial charge is 0.314 e. The van der Waals surface area contributed by atoms with Gasteiger partial charge in [0.15, 0.2) is 0 Å². The SMILES string of the molecule is CC(C)(C)c1ccc(C2(C(=O)O)CCCCC2)cc1. The summed E-state index contributed by atoms with van der Waals surface area (Å²) in [5, 5.41) is 9.67. The molecule has 1 aliphatic rings. The second kappa shape index (κ2) is 4.99. The standard InChI is InChI=1S/C17H24O2/c1-16(2,3)13-7-9-14(10-8-13)17(15(18)19)11-5-4-6-12-17/h7-10H,4-6,11-12H2,1-3H3,(H,18,19). The molecule has 0 unspecified atom stereocenters. The Kier molecular flexibility index (Phi) is 3.71. The van der Waals surface area contributed by atoms with E-state index in [1.807, 2.05) is 12.1 Å². The van der Waals surface area contributed by atoms with Crippen LogP contribution in [-0.4, -0.2) is 11.1 Å². The normalized spacial score (nSPS) is 19.1. The summed E-state index contributed by atoms with van der Waals surface area (Å²) in [7, 11) is 0. The molecule has 2 heteroatoms. The summed E-state index contributed by atoms with van der Waals surface area (Å²) >= 11 is 0. The zero-order valence-corrected chi connectivity index (χ0v) is 12.2. The highest BCUT2D eigenvalue weighted by Gasteiger charge is 2.41. The Hall–Kier alpha value is -1.31. The molecule has 0 atom stereocenters. The molecule has 0 radical (unpaired) electrons. The van der Waals surface area contributed by atoms with E-state index in [0.29, 0.717) is 0 Å². The zero-order valence-electron chi connectivity index (χ0n) is 12.2. The lowest BCUT2D eigenvalue weighted by atomic mass is 9.69. The van der Waals surface area contributed by atoms with Crippen molar-refractivity contribution in [1.82, 2.24) is 0 Å². The van der Waals surface area contributed by atoms with Crippen LogP contribution >= 0.6 is 0 Å². The predicted molar refractivity (Wildman–Crippen MR) is 77.5 cm³/mol. The average Bonchev–Trinajstić information content (AvgIpc) is 2.38. The molecule has 2 nitrogen and oxygen atoms in total. The number of carbonyl (C=O) groups is 1. The zero-order chi connectivity index (χ0) is 14.1. The molecule has 0 amide bonds. The van der Waals surface area contributed by atoms with Crippen molar-refractivity contribution in [2.45, 2.75) is 63.7 Å². The molecule has 19 heavy (non-hydrogen) atoms. The van der Waals surface area contributed by atoms with Crippen LogP contribution in [0.25, 0.3) is 0 Å². The van der Waals surface area contributed by atoms with Crippen LogP contribution in [0.4, 0.5) is 0 Å². The van der Waals surface area contributed by atoms with Gasteiger partial charge in [0, 0.05) is 0 Å². The molecular formula is C17H24O2. The monoisotopic (exact) mass is 260 g/mol. The van der Waals surface area contributed by atoms with E-state index >= 15 is 0 Å². The molecule has 0 spiro atoms. The van der Waals surface area contributed by atoms with E-state index in [-0.39, 0.29) is 5.41 Å². The van der Waals surface area contributed by atoms with Gasteiger partial charge in [-0.15, -0.1) is 0 Å². The Morgan fingerprint density at radius 3 is 2.00 bits per heavy atom. The number of aliphatic carboxylic acids is 1. The van der Waals surface area contributed by atoms with E-state index in [4.69, 9.17) is 0 Å². The van der Waals surface area contributed by atoms with Crippen molar-refractivity contribution in [3.8, 4) is 0 Å². The molecule has 1 aromatic rings. The summed E-state index contributed by atoms with van der Waals surface area (Å²) < 4.78 is 0. The summed E-state index contributed by atoms with van der Waals surface area (Å²) in [6, 6.07) is 8.24. The molecule has 1 aromatic carbocycles. The Bertz CT molecular complexity index is 445. The number of carboxylic acids is 1. The Morgan fingerprint density at radius 2 is 1.58 bits per heavy atom. The minimum absolute atomic E-state index is 0.113. The molecule has 104 valence electrons. The molecule has 0 heterocycles. The largest absolute Gasteiger partial charge is 0.481 e. The molecule has 0 aliphatic heterocycles. The Balaban J connectivity index is 2.36. The fourth-order valence-electron chi connectivity index (χ4n) is 3.07. The minimum Gasteiger partial charge on any atom is -0.481 e. The highest BCUT2D eigenvalue weighted by atomic mass is 16.4. The van der Waals surface area contributed by atoms with Gasteiger partial charge in [-0.25, -0.2) is 0 Å². The average molecular weight is 260 g/mol. The summed E-state index contributed by atoms with van der Waals surface area (Å²) in [4.78, 5) is 11.8. The number of benzene rings is 1. The van der Waals surface area contributed by atoms with Crippen LogP contribution in [0.5, 0.6) is 0 Å². The van der Waals surface area contributed by atoms with Gasteiger partial charge < -0.3 is 5.11 Å². The van der Waals surface area contributed by atoms with Crippen molar-refractivity contribution in [3.63, 3.8) is 0 Å². The van der Waals surface area contributed by atoms with Crippen molar-refractivity contribution in [2.24, 2.45) is 0 Å². The van der Waals surface area contributed by atoms with Crippen LogP contribution in [0.2, 0.25) is 0 Å². The van der Waals surface area contributed by atoms with Crippen LogP contribution < -0.4 is 0 Å². The van der Waals surface area contributed by atoms with E-state index in [1.54, 1.807) is 0 Å². The van der Waals surface area contributed by atoms with E-state index < -0.39 is 11.4 Å².